The molecule has 3 rings (SSSR count). The van der Waals surface area contributed by atoms with Crippen molar-refractivity contribution in [2.75, 3.05) is 19.0 Å². The van der Waals surface area contributed by atoms with Gasteiger partial charge in [-0.2, -0.15) is 0 Å². The van der Waals surface area contributed by atoms with E-state index in [4.69, 9.17) is 9.72 Å². The second-order valence-electron chi connectivity index (χ2n) is 5.11. The van der Waals surface area contributed by atoms with Gasteiger partial charge < -0.3 is 14.6 Å². The molecular weight excluding hydrogens is 294 g/mol. The lowest BCUT2D eigenvalue weighted by Crippen LogP contribution is -1.96. The van der Waals surface area contributed by atoms with Gasteiger partial charge in [0.1, 0.15) is 5.75 Å². The van der Waals surface area contributed by atoms with Crippen LogP contribution in [0.5, 0.6) is 5.75 Å². The molecule has 0 unspecified atom stereocenters. The first-order valence-electron chi connectivity index (χ1n) is 7.09. The summed E-state index contributed by atoms with van der Waals surface area (Å²) in [4.78, 5) is 4.70. The number of ether oxygens (including phenoxy) is 1. The van der Waals surface area contributed by atoms with Crippen LogP contribution in [0.4, 0.5) is 5.13 Å². The summed E-state index contributed by atoms with van der Waals surface area (Å²) < 4.78 is 7.56. The molecule has 4 nitrogen and oxygen atoms in total. The molecule has 2 heterocycles. The van der Waals surface area contributed by atoms with Crippen LogP contribution in [0.2, 0.25) is 0 Å². The van der Waals surface area contributed by atoms with Crippen LogP contribution in [0.3, 0.4) is 0 Å². The second-order valence-corrected chi connectivity index (χ2v) is 5.97. The summed E-state index contributed by atoms with van der Waals surface area (Å²) in [5.74, 6) is 0.861. The molecule has 0 aliphatic rings. The zero-order chi connectivity index (χ0) is 15.7. The zero-order valence-electron chi connectivity index (χ0n) is 13.0. The van der Waals surface area contributed by atoms with E-state index in [0.717, 1.165) is 23.1 Å². The fourth-order valence-corrected chi connectivity index (χ4v) is 3.34. The van der Waals surface area contributed by atoms with Crippen molar-refractivity contribution in [1.82, 2.24) is 9.55 Å². The average molecular weight is 313 g/mol. The van der Waals surface area contributed by atoms with Crippen molar-refractivity contribution in [1.29, 1.82) is 0 Å². The van der Waals surface area contributed by atoms with Crippen LogP contribution in [0, 0.1) is 6.92 Å². The third kappa shape index (κ3) is 2.37. The first-order chi connectivity index (χ1) is 10.7. The maximum atomic E-state index is 5.37. The molecule has 0 radical (unpaired) electrons. The van der Waals surface area contributed by atoms with E-state index >= 15 is 0 Å². The van der Waals surface area contributed by atoms with Gasteiger partial charge in [-0.3, -0.25) is 0 Å². The highest BCUT2D eigenvalue weighted by Crippen LogP contribution is 2.37. The first kappa shape index (κ1) is 14.7. The molecule has 0 fully saturated rings. The van der Waals surface area contributed by atoms with Gasteiger partial charge >= 0.3 is 0 Å². The molecule has 0 bridgehead atoms. The van der Waals surface area contributed by atoms with Crippen molar-refractivity contribution < 1.29 is 4.74 Å². The molecule has 0 amide bonds. The second kappa shape index (κ2) is 5.85. The maximum absolute atomic E-state index is 5.37. The lowest BCUT2D eigenvalue weighted by molar-refractivity contribution is 0.415. The number of nitrogens with one attached hydrogen (secondary N) is 1. The van der Waals surface area contributed by atoms with E-state index in [1.54, 1.807) is 18.4 Å². The van der Waals surface area contributed by atoms with Gasteiger partial charge in [-0.05, 0) is 25.1 Å². The van der Waals surface area contributed by atoms with Crippen LogP contribution < -0.4 is 10.1 Å². The summed E-state index contributed by atoms with van der Waals surface area (Å²) >= 11 is 1.61. The molecule has 0 aliphatic carbocycles. The number of benzene rings is 1. The van der Waals surface area contributed by atoms with E-state index in [1.807, 2.05) is 12.1 Å². The van der Waals surface area contributed by atoms with E-state index in [2.05, 4.69) is 47.9 Å². The number of rotatable bonds is 5. The van der Waals surface area contributed by atoms with E-state index < -0.39 is 0 Å². The topological polar surface area (TPSA) is 39.1 Å². The maximum Gasteiger partial charge on any atom is 0.183 e. The Morgan fingerprint density at radius 2 is 2.27 bits per heavy atom. The first-order valence-corrected chi connectivity index (χ1v) is 7.97. The Morgan fingerprint density at radius 3 is 3.00 bits per heavy atom. The molecular formula is C17H19N3OS. The van der Waals surface area contributed by atoms with E-state index in [0.29, 0.717) is 0 Å². The van der Waals surface area contributed by atoms with Crippen LogP contribution in [-0.4, -0.2) is 23.2 Å². The van der Waals surface area contributed by atoms with E-state index in [1.165, 1.54) is 22.2 Å². The average Bonchev–Trinajstić information content (AvgIpc) is 3.09. The molecule has 1 N–H and O–H groups in total. The number of hydrogen-bond acceptors (Lipinski definition) is 4. The fourth-order valence-electron chi connectivity index (χ4n) is 2.63. The van der Waals surface area contributed by atoms with Crippen molar-refractivity contribution >= 4 is 27.4 Å². The number of aromatic nitrogens is 2. The number of methoxy groups -OCH3 is 1. The normalized spacial score (nSPS) is 10.9. The molecule has 1 aromatic carbocycles. The minimum atomic E-state index is 0.718. The molecule has 3 aromatic rings. The Labute approximate surface area is 134 Å². The van der Waals surface area contributed by atoms with E-state index in [9.17, 15) is 0 Å². The lowest BCUT2D eigenvalue weighted by atomic mass is 10.1. The summed E-state index contributed by atoms with van der Waals surface area (Å²) in [6, 6.07) is 6.16. The minimum absolute atomic E-state index is 0.718. The molecule has 114 valence electrons. The van der Waals surface area contributed by atoms with Gasteiger partial charge in [0.05, 0.1) is 12.8 Å². The van der Waals surface area contributed by atoms with Crippen LogP contribution in [0.1, 0.15) is 5.69 Å². The highest BCUT2D eigenvalue weighted by molar-refractivity contribution is 7.14. The minimum Gasteiger partial charge on any atom is -0.497 e. The number of hydrogen-bond donors (Lipinski definition) is 1. The van der Waals surface area contributed by atoms with Crippen LogP contribution in [0.15, 0.2) is 36.2 Å². The number of aryl methyl sites for hydroxylation is 1. The standard InChI is InChI=1S/C17H19N3OS/c1-5-8-18-17-19-14(10-22-17)16-11(2)20(3)15-7-6-12(21-4)9-13(15)16/h5-7,9-10H,1,8H2,2-4H3,(H,18,19). The van der Waals surface area contributed by atoms with Gasteiger partial charge in [-0.1, -0.05) is 6.08 Å². The predicted octanol–water partition coefficient (Wildman–Crippen LogP) is 4.22. The SMILES string of the molecule is C=CCNc1nc(-c2c(C)n(C)c3ccc(OC)cc23)cs1. The Kier molecular flexibility index (Phi) is 3.90. The molecule has 0 saturated heterocycles. The monoisotopic (exact) mass is 313 g/mol. The van der Waals surface area contributed by atoms with E-state index in [-0.39, 0.29) is 0 Å². The van der Waals surface area contributed by atoms with Gasteiger partial charge in [0, 0.05) is 41.1 Å². The molecule has 5 heteroatoms. The highest BCUT2D eigenvalue weighted by Gasteiger charge is 2.16. The van der Waals surface area contributed by atoms with Crippen LogP contribution in [0.25, 0.3) is 22.2 Å². The third-order valence-corrected chi connectivity index (χ3v) is 4.66. The Morgan fingerprint density at radius 1 is 1.45 bits per heavy atom. The predicted molar refractivity (Wildman–Crippen MR) is 94.0 cm³/mol. The molecule has 0 aliphatic heterocycles. The summed E-state index contributed by atoms with van der Waals surface area (Å²) in [6.45, 7) is 6.56. The summed E-state index contributed by atoms with van der Waals surface area (Å²) in [6.07, 6.45) is 1.83. The number of anilines is 1. The number of thiazole rings is 1. The van der Waals surface area contributed by atoms with Gasteiger partial charge in [0.2, 0.25) is 0 Å². The van der Waals surface area contributed by atoms with Gasteiger partial charge in [-0.25, -0.2) is 4.98 Å². The van der Waals surface area contributed by atoms with Crippen LogP contribution >= 0.6 is 11.3 Å². The molecule has 2 aromatic heterocycles. The molecule has 0 saturated carbocycles. The Bertz CT molecular complexity index is 832. The van der Waals surface area contributed by atoms with Gasteiger partial charge in [0.25, 0.3) is 0 Å². The Balaban J connectivity index is 2.14. The summed E-state index contributed by atoms with van der Waals surface area (Å²) in [7, 11) is 3.77. The molecule has 0 atom stereocenters. The summed E-state index contributed by atoms with van der Waals surface area (Å²) in [5, 5.41) is 7.41. The lowest BCUT2D eigenvalue weighted by Gasteiger charge is -2.01. The van der Waals surface area contributed by atoms with Crippen molar-refractivity contribution in [3.8, 4) is 17.0 Å². The van der Waals surface area contributed by atoms with Crippen molar-refractivity contribution in [2.45, 2.75) is 6.92 Å². The molecule has 0 spiro atoms. The fraction of sp³-hybridized carbons (Fsp3) is 0.235. The number of nitrogens with zero attached hydrogens (tertiary/aromatic N) is 2. The van der Waals surface area contributed by atoms with Gasteiger partial charge in [-0.15, -0.1) is 17.9 Å². The highest BCUT2D eigenvalue weighted by atomic mass is 32.1. The quantitative estimate of drug-likeness (QED) is 0.717. The van der Waals surface area contributed by atoms with Crippen molar-refractivity contribution in [2.24, 2.45) is 7.05 Å². The van der Waals surface area contributed by atoms with Crippen LogP contribution in [-0.2, 0) is 7.05 Å². The van der Waals surface area contributed by atoms with Crippen molar-refractivity contribution in [3.63, 3.8) is 0 Å². The molecule has 22 heavy (non-hydrogen) atoms. The summed E-state index contributed by atoms with van der Waals surface area (Å²) in [5.41, 5.74) is 4.54. The van der Waals surface area contributed by atoms with Gasteiger partial charge in [0.15, 0.2) is 5.13 Å². The largest absolute Gasteiger partial charge is 0.497 e. The van der Waals surface area contributed by atoms with Crippen molar-refractivity contribution in [3.05, 3.63) is 41.9 Å². The third-order valence-electron chi connectivity index (χ3n) is 3.86. The zero-order valence-corrected chi connectivity index (χ0v) is 13.8. The smallest absolute Gasteiger partial charge is 0.183 e. The number of fused-ring (bicyclic) bond motifs is 1. The Hall–Kier alpha value is -2.27.